The van der Waals surface area contributed by atoms with Crippen LogP contribution >= 0.6 is 0 Å². The summed E-state index contributed by atoms with van der Waals surface area (Å²) in [7, 11) is 0.500. The van der Waals surface area contributed by atoms with Crippen LogP contribution in [0.4, 0.5) is 22.0 Å². The zero-order valence-electron chi connectivity index (χ0n) is 8.45. The Balaban J connectivity index is 0.000000921. The Morgan fingerprint density at radius 1 is 1.07 bits per heavy atom. The van der Waals surface area contributed by atoms with Crippen LogP contribution in [0, 0.1) is 0 Å². The summed E-state index contributed by atoms with van der Waals surface area (Å²) in [5, 5.41) is 0. The highest BCUT2D eigenvalue weighted by Gasteiger charge is 2.36. The van der Waals surface area contributed by atoms with Crippen LogP contribution in [0.15, 0.2) is 12.2 Å². The van der Waals surface area contributed by atoms with Crippen molar-refractivity contribution < 1.29 is 22.0 Å². The zero-order chi connectivity index (χ0) is 11.9. The van der Waals surface area contributed by atoms with Crippen molar-refractivity contribution in [3.63, 3.8) is 0 Å². The Morgan fingerprint density at radius 3 is 1.93 bits per heavy atom. The topological polar surface area (TPSA) is 3.24 Å². The third-order valence-corrected chi connectivity index (χ3v) is 2.06. The Kier molecular flexibility index (Phi) is 6.47. The first-order chi connectivity index (χ1) is 7.02. The Morgan fingerprint density at radius 2 is 1.53 bits per heavy atom. The minimum atomic E-state index is -3.49. The molecule has 0 radical (unpaired) electrons. The summed E-state index contributed by atoms with van der Waals surface area (Å²) in [5.41, 5.74) is 0. The first kappa shape index (κ1) is 14.3. The molecule has 1 saturated heterocycles. The minimum absolute atomic E-state index is 0.191. The average molecular weight is 231 g/mol. The van der Waals surface area contributed by atoms with E-state index in [0.717, 1.165) is 11.3 Å². The Labute approximate surface area is 85.6 Å². The first-order valence-corrected chi connectivity index (χ1v) is 4.57. The van der Waals surface area contributed by atoms with Crippen LogP contribution in [0.3, 0.4) is 0 Å². The van der Waals surface area contributed by atoms with E-state index >= 15 is 0 Å². The van der Waals surface area contributed by atoms with Gasteiger partial charge in [0.15, 0.2) is 0 Å². The van der Waals surface area contributed by atoms with E-state index in [4.69, 9.17) is 0 Å². The molecule has 1 heterocycles. The van der Waals surface area contributed by atoms with E-state index < -0.39 is 12.1 Å². The van der Waals surface area contributed by atoms with Crippen LogP contribution in [-0.4, -0.2) is 31.2 Å². The maximum absolute atomic E-state index is 12.9. The van der Waals surface area contributed by atoms with Crippen LogP contribution in [-0.2, 0) is 0 Å². The van der Waals surface area contributed by atoms with E-state index in [9.17, 15) is 22.0 Å². The SMILES string of the molecule is CF.FC(F)=CC(F)(F)N1CCCCC1. The fraction of sp³-hybridized carbons (Fsp3) is 0.778. The second kappa shape index (κ2) is 6.76. The standard InChI is InChI=1S/C8H11F4N.CH3F/c9-7(10)6-8(11,12)13-4-2-1-3-5-13;1-2/h6H,1-5H2;1H3. The molecule has 0 saturated carbocycles. The second-order valence-corrected chi connectivity index (χ2v) is 3.07. The van der Waals surface area contributed by atoms with Gasteiger partial charge < -0.3 is 0 Å². The molecule has 0 atom stereocenters. The Bertz CT molecular complexity index is 195. The van der Waals surface area contributed by atoms with Crippen molar-refractivity contribution in [1.29, 1.82) is 0 Å². The average Bonchev–Trinajstić information content (AvgIpc) is 2.20. The summed E-state index contributed by atoms with van der Waals surface area (Å²) < 4.78 is 58.6. The monoisotopic (exact) mass is 231 g/mol. The molecule has 0 aromatic heterocycles. The van der Waals surface area contributed by atoms with Crippen LogP contribution < -0.4 is 0 Å². The fourth-order valence-electron chi connectivity index (χ4n) is 1.41. The van der Waals surface area contributed by atoms with Gasteiger partial charge in [0.25, 0.3) is 6.08 Å². The van der Waals surface area contributed by atoms with Crippen LogP contribution in [0.1, 0.15) is 19.3 Å². The molecule has 1 aliphatic rings. The third-order valence-electron chi connectivity index (χ3n) is 2.06. The first-order valence-electron chi connectivity index (χ1n) is 4.57. The van der Waals surface area contributed by atoms with Crippen molar-refractivity contribution in [3.05, 3.63) is 12.2 Å². The van der Waals surface area contributed by atoms with Gasteiger partial charge >= 0.3 is 6.05 Å². The van der Waals surface area contributed by atoms with Crippen LogP contribution in [0.5, 0.6) is 0 Å². The van der Waals surface area contributed by atoms with Gasteiger partial charge in [0.2, 0.25) is 0 Å². The maximum atomic E-state index is 12.9. The number of nitrogens with zero attached hydrogens (tertiary/aromatic N) is 1. The van der Waals surface area contributed by atoms with Crippen molar-refractivity contribution >= 4 is 0 Å². The lowest BCUT2D eigenvalue weighted by Gasteiger charge is -2.31. The van der Waals surface area contributed by atoms with E-state index in [0.29, 0.717) is 20.0 Å². The predicted molar refractivity (Wildman–Crippen MR) is 47.7 cm³/mol. The van der Waals surface area contributed by atoms with Crippen molar-refractivity contribution in [1.82, 2.24) is 4.90 Å². The smallest absolute Gasteiger partial charge is 0.255 e. The van der Waals surface area contributed by atoms with Crippen LogP contribution in [0.2, 0.25) is 0 Å². The molecule has 0 aliphatic carbocycles. The highest BCUT2D eigenvalue weighted by molar-refractivity contribution is 4.95. The summed E-state index contributed by atoms with van der Waals surface area (Å²) in [6.07, 6.45) is -0.405. The quantitative estimate of drug-likeness (QED) is 0.520. The summed E-state index contributed by atoms with van der Waals surface area (Å²) >= 11 is 0. The fourth-order valence-corrected chi connectivity index (χ4v) is 1.41. The number of hydrogen-bond donors (Lipinski definition) is 0. The molecule has 0 bridgehead atoms. The predicted octanol–water partition coefficient (Wildman–Crippen LogP) is 3.43. The molecule has 0 N–H and O–H groups in total. The molecular weight excluding hydrogens is 217 g/mol. The normalized spacial score (nSPS) is 17.7. The highest BCUT2D eigenvalue weighted by atomic mass is 19.3. The zero-order valence-corrected chi connectivity index (χ0v) is 8.45. The number of hydrogen-bond acceptors (Lipinski definition) is 1. The van der Waals surface area contributed by atoms with Crippen LogP contribution in [0.25, 0.3) is 0 Å². The van der Waals surface area contributed by atoms with E-state index in [1.807, 2.05) is 0 Å². The molecule has 90 valence electrons. The maximum Gasteiger partial charge on any atom is 0.330 e. The van der Waals surface area contributed by atoms with Crippen molar-refractivity contribution in [2.45, 2.75) is 25.3 Å². The number of piperidine rings is 1. The van der Waals surface area contributed by atoms with Gasteiger partial charge in [-0.05, 0) is 12.8 Å². The van der Waals surface area contributed by atoms with Gasteiger partial charge in [-0.15, -0.1) is 0 Å². The molecule has 1 nitrogen and oxygen atoms in total. The largest absolute Gasteiger partial charge is 0.330 e. The van der Waals surface area contributed by atoms with Crippen molar-refractivity contribution in [3.8, 4) is 0 Å². The second-order valence-electron chi connectivity index (χ2n) is 3.07. The van der Waals surface area contributed by atoms with Gasteiger partial charge in [0.1, 0.15) is 0 Å². The Hall–Kier alpha value is -0.650. The summed E-state index contributed by atoms with van der Waals surface area (Å²) in [5.74, 6) is 0. The third kappa shape index (κ3) is 5.11. The van der Waals surface area contributed by atoms with Gasteiger partial charge in [-0.25, -0.2) is 4.90 Å². The van der Waals surface area contributed by atoms with Gasteiger partial charge in [-0.3, -0.25) is 4.39 Å². The lowest BCUT2D eigenvalue weighted by molar-refractivity contribution is -0.113. The summed E-state index contributed by atoms with van der Waals surface area (Å²) in [6, 6.07) is -3.49. The van der Waals surface area contributed by atoms with Gasteiger partial charge in [-0.2, -0.15) is 17.6 Å². The summed E-state index contributed by atoms with van der Waals surface area (Å²) in [4.78, 5) is 0.787. The molecular formula is C9H14F5N. The molecule has 1 rings (SSSR count). The van der Waals surface area contributed by atoms with Crippen molar-refractivity contribution in [2.24, 2.45) is 0 Å². The molecule has 0 spiro atoms. The van der Waals surface area contributed by atoms with Gasteiger partial charge in [0.05, 0.1) is 13.3 Å². The number of alkyl halides is 3. The highest BCUT2D eigenvalue weighted by Crippen LogP contribution is 2.27. The molecule has 15 heavy (non-hydrogen) atoms. The number of halogens is 5. The summed E-state index contributed by atoms with van der Waals surface area (Å²) in [6.45, 7) is 0.383. The molecule has 0 unspecified atom stereocenters. The van der Waals surface area contributed by atoms with E-state index in [2.05, 4.69) is 0 Å². The molecule has 1 aliphatic heterocycles. The molecule has 0 aromatic carbocycles. The molecule has 0 aromatic rings. The van der Waals surface area contributed by atoms with Gasteiger partial charge in [0, 0.05) is 13.1 Å². The van der Waals surface area contributed by atoms with E-state index in [-0.39, 0.29) is 19.2 Å². The van der Waals surface area contributed by atoms with Crippen molar-refractivity contribution in [2.75, 3.05) is 20.3 Å². The molecule has 0 amide bonds. The van der Waals surface area contributed by atoms with Gasteiger partial charge in [-0.1, -0.05) is 6.42 Å². The minimum Gasteiger partial charge on any atom is -0.255 e. The van der Waals surface area contributed by atoms with E-state index in [1.165, 1.54) is 0 Å². The molecule has 1 fully saturated rings. The lowest BCUT2D eigenvalue weighted by atomic mass is 10.1. The van der Waals surface area contributed by atoms with E-state index in [1.54, 1.807) is 0 Å². The molecule has 6 heteroatoms. The number of likely N-dealkylation sites (tertiary alicyclic amines) is 1. The number of rotatable bonds is 2. The lowest BCUT2D eigenvalue weighted by Crippen LogP contribution is -2.43.